The van der Waals surface area contributed by atoms with E-state index >= 15 is 0 Å². The number of aliphatic hydroxyl groups excluding tert-OH is 3. The minimum absolute atomic E-state index is 0.143. The van der Waals surface area contributed by atoms with Gasteiger partial charge in [-0.05, 0) is 23.8 Å². The summed E-state index contributed by atoms with van der Waals surface area (Å²) < 4.78 is 14.5. The quantitative estimate of drug-likeness (QED) is 0.316. The molecule has 5 atom stereocenters. The molecular formula is C16H18O10. The Hall–Kier alpha value is -2.66. The fourth-order valence-corrected chi connectivity index (χ4v) is 2.28. The van der Waals surface area contributed by atoms with Gasteiger partial charge in [0.05, 0.1) is 7.11 Å². The van der Waals surface area contributed by atoms with E-state index in [1.54, 1.807) is 6.07 Å². The highest BCUT2D eigenvalue weighted by Crippen LogP contribution is 2.27. The summed E-state index contributed by atoms with van der Waals surface area (Å²) in [4.78, 5) is 22.8. The number of hydrogen-bond donors (Lipinski definition) is 5. The fraction of sp³-hybridized carbons (Fsp3) is 0.375. The van der Waals surface area contributed by atoms with Gasteiger partial charge in [-0.1, -0.05) is 6.07 Å². The van der Waals surface area contributed by atoms with Crippen molar-refractivity contribution in [1.82, 2.24) is 0 Å². The zero-order valence-electron chi connectivity index (χ0n) is 13.6. The second-order valence-corrected chi connectivity index (χ2v) is 5.44. The fourth-order valence-electron chi connectivity index (χ4n) is 2.28. The van der Waals surface area contributed by atoms with E-state index in [-0.39, 0.29) is 11.5 Å². The van der Waals surface area contributed by atoms with E-state index in [0.29, 0.717) is 5.56 Å². The number of rotatable bonds is 5. The number of aliphatic carboxylic acids is 1. The van der Waals surface area contributed by atoms with E-state index in [2.05, 4.69) is 0 Å². The van der Waals surface area contributed by atoms with Crippen LogP contribution < -0.4 is 4.74 Å². The summed E-state index contributed by atoms with van der Waals surface area (Å²) in [5, 5.41) is 47.5. The van der Waals surface area contributed by atoms with Gasteiger partial charge in [0.1, 0.15) is 18.3 Å². The number of hydrogen-bond acceptors (Lipinski definition) is 9. The predicted molar refractivity (Wildman–Crippen MR) is 84.1 cm³/mol. The average Bonchev–Trinajstić information content (AvgIpc) is 2.60. The van der Waals surface area contributed by atoms with Crippen LogP contribution in [0.3, 0.4) is 0 Å². The van der Waals surface area contributed by atoms with Crippen LogP contribution in [0.1, 0.15) is 5.56 Å². The van der Waals surface area contributed by atoms with Crippen molar-refractivity contribution < 1.29 is 49.3 Å². The van der Waals surface area contributed by atoms with E-state index in [1.165, 1.54) is 25.3 Å². The van der Waals surface area contributed by atoms with Crippen LogP contribution >= 0.6 is 0 Å². The molecule has 0 aliphatic carbocycles. The molecule has 1 aliphatic heterocycles. The predicted octanol–water partition coefficient (Wildman–Crippen LogP) is -1.15. The standard InChI is InChI=1S/C16H18O10/c1-24-9-4-2-7(6-8(9)17)3-5-10(18)25-16-13(21)11(19)12(20)14(26-16)15(22)23/h2-6,11-14,16-17,19-21H,1H3,(H,22,23)/b5-3+/t11-,12-,13+,14-,16+/m0/s1. The van der Waals surface area contributed by atoms with Crippen molar-refractivity contribution in [1.29, 1.82) is 0 Å². The van der Waals surface area contributed by atoms with Crippen LogP contribution in [0.25, 0.3) is 6.08 Å². The number of carbonyl (C=O) groups excluding carboxylic acids is 1. The zero-order chi connectivity index (χ0) is 19.4. The van der Waals surface area contributed by atoms with Crippen molar-refractivity contribution in [3.63, 3.8) is 0 Å². The average molecular weight is 370 g/mol. The van der Waals surface area contributed by atoms with Gasteiger partial charge in [0.15, 0.2) is 17.6 Å². The summed E-state index contributed by atoms with van der Waals surface area (Å²) in [6.07, 6.45) is -6.99. The molecule has 1 fully saturated rings. The first-order valence-corrected chi connectivity index (χ1v) is 7.42. The van der Waals surface area contributed by atoms with Crippen molar-refractivity contribution in [2.24, 2.45) is 0 Å². The lowest BCUT2D eigenvalue weighted by atomic mass is 9.99. The molecular weight excluding hydrogens is 352 g/mol. The van der Waals surface area contributed by atoms with Crippen LogP contribution in [0.4, 0.5) is 0 Å². The van der Waals surface area contributed by atoms with Crippen LogP contribution in [-0.2, 0) is 19.1 Å². The number of carboxylic acids is 1. The summed E-state index contributed by atoms with van der Waals surface area (Å²) >= 11 is 0. The number of ether oxygens (including phenoxy) is 3. The van der Waals surface area contributed by atoms with Gasteiger partial charge in [0, 0.05) is 6.08 Å². The Morgan fingerprint density at radius 2 is 1.85 bits per heavy atom. The molecule has 1 heterocycles. The molecule has 10 heteroatoms. The molecule has 0 spiro atoms. The number of esters is 1. The summed E-state index contributed by atoms with van der Waals surface area (Å²) in [6.45, 7) is 0. The number of aromatic hydroxyl groups is 1. The SMILES string of the molecule is COc1ccc(/C=C/C(=O)O[C@@H]2O[C@H](C(=O)O)[C@@H](O)[C@H](O)[C@H]2O)cc1O. The highest BCUT2D eigenvalue weighted by molar-refractivity contribution is 5.87. The molecule has 0 saturated carbocycles. The number of benzene rings is 1. The summed E-state index contributed by atoms with van der Waals surface area (Å²) in [6, 6.07) is 4.35. The normalized spacial score (nSPS) is 28.7. The van der Waals surface area contributed by atoms with Crippen LogP contribution in [0.15, 0.2) is 24.3 Å². The van der Waals surface area contributed by atoms with Crippen molar-refractivity contribution in [2.75, 3.05) is 7.11 Å². The summed E-state index contributed by atoms with van der Waals surface area (Å²) in [5.41, 5.74) is 0.434. The Labute approximate surface area is 147 Å². The number of carboxylic acid groups (broad SMARTS) is 1. The van der Waals surface area contributed by atoms with Crippen molar-refractivity contribution in [2.45, 2.75) is 30.7 Å². The lowest BCUT2D eigenvalue weighted by Crippen LogP contribution is -2.60. The number of aliphatic hydroxyl groups is 3. The van der Waals surface area contributed by atoms with E-state index in [1.807, 2.05) is 0 Å². The van der Waals surface area contributed by atoms with Gasteiger partial charge in [0.25, 0.3) is 0 Å². The third-order valence-corrected chi connectivity index (χ3v) is 3.66. The van der Waals surface area contributed by atoms with E-state index in [4.69, 9.17) is 19.3 Å². The van der Waals surface area contributed by atoms with Gasteiger partial charge in [-0.25, -0.2) is 9.59 Å². The van der Waals surface area contributed by atoms with E-state index in [0.717, 1.165) is 6.08 Å². The molecule has 0 radical (unpaired) electrons. The lowest BCUT2D eigenvalue weighted by molar-refractivity contribution is -0.284. The van der Waals surface area contributed by atoms with Gasteiger partial charge in [-0.3, -0.25) is 0 Å². The highest BCUT2D eigenvalue weighted by atomic mass is 16.7. The maximum absolute atomic E-state index is 11.8. The minimum Gasteiger partial charge on any atom is -0.504 e. The Balaban J connectivity index is 2.04. The first-order chi connectivity index (χ1) is 12.2. The third-order valence-electron chi connectivity index (χ3n) is 3.66. The molecule has 1 aliphatic rings. The molecule has 1 aromatic rings. The molecule has 0 aromatic heterocycles. The van der Waals surface area contributed by atoms with Crippen LogP contribution in [0.5, 0.6) is 11.5 Å². The Morgan fingerprint density at radius 3 is 2.42 bits per heavy atom. The number of phenols is 1. The molecule has 0 amide bonds. The molecule has 0 unspecified atom stereocenters. The van der Waals surface area contributed by atoms with Crippen LogP contribution in [0, 0.1) is 0 Å². The van der Waals surface area contributed by atoms with Crippen molar-refractivity contribution in [3.8, 4) is 11.5 Å². The molecule has 0 bridgehead atoms. The molecule has 10 nitrogen and oxygen atoms in total. The smallest absolute Gasteiger partial charge is 0.335 e. The molecule has 142 valence electrons. The highest BCUT2D eigenvalue weighted by Gasteiger charge is 2.48. The maximum Gasteiger partial charge on any atom is 0.335 e. The van der Waals surface area contributed by atoms with Gasteiger partial charge in [-0.15, -0.1) is 0 Å². The molecule has 26 heavy (non-hydrogen) atoms. The first-order valence-electron chi connectivity index (χ1n) is 7.42. The Bertz CT molecular complexity index is 700. The van der Waals surface area contributed by atoms with Gasteiger partial charge in [0.2, 0.25) is 6.29 Å². The molecule has 1 saturated heterocycles. The summed E-state index contributed by atoms with van der Waals surface area (Å²) in [7, 11) is 1.38. The Kier molecular flexibility index (Phi) is 6.16. The number of phenolic OH excluding ortho intramolecular Hbond substituents is 1. The number of methoxy groups -OCH3 is 1. The topological polar surface area (TPSA) is 163 Å². The maximum atomic E-state index is 11.8. The monoisotopic (exact) mass is 370 g/mol. The molecule has 2 rings (SSSR count). The first kappa shape index (κ1) is 19.7. The second-order valence-electron chi connectivity index (χ2n) is 5.44. The summed E-state index contributed by atoms with van der Waals surface area (Å²) in [5.74, 6) is -2.49. The van der Waals surface area contributed by atoms with Crippen LogP contribution in [-0.4, -0.2) is 75.3 Å². The molecule has 5 N–H and O–H groups in total. The van der Waals surface area contributed by atoms with Crippen molar-refractivity contribution in [3.05, 3.63) is 29.8 Å². The molecule has 1 aromatic carbocycles. The van der Waals surface area contributed by atoms with E-state index < -0.39 is 42.6 Å². The van der Waals surface area contributed by atoms with Crippen LogP contribution in [0.2, 0.25) is 0 Å². The van der Waals surface area contributed by atoms with Crippen molar-refractivity contribution >= 4 is 18.0 Å². The zero-order valence-corrected chi connectivity index (χ0v) is 13.6. The van der Waals surface area contributed by atoms with Gasteiger partial charge >= 0.3 is 11.9 Å². The Morgan fingerprint density at radius 1 is 1.15 bits per heavy atom. The largest absolute Gasteiger partial charge is 0.504 e. The van der Waals surface area contributed by atoms with Gasteiger partial charge in [-0.2, -0.15) is 0 Å². The lowest BCUT2D eigenvalue weighted by Gasteiger charge is -2.37. The van der Waals surface area contributed by atoms with Gasteiger partial charge < -0.3 is 39.7 Å². The minimum atomic E-state index is -1.88. The van der Waals surface area contributed by atoms with E-state index in [9.17, 15) is 30.0 Å². The second kappa shape index (κ2) is 8.15. The number of carbonyl (C=O) groups is 2. The third kappa shape index (κ3) is 4.29.